The van der Waals surface area contributed by atoms with Crippen molar-refractivity contribution in [1.29, 1.82) is 5.26 Å². The zero-order valence-corrected chi connectivity index (χ0v) is 26.1. The fraction of sp³-hybridized carbons (Fsp3) is 0.351. The Balaban J connectivity index is 0.000000228. The number of hydrogen-bond acceptors (Lipinski definition) is 2. The molecule has 0 aliphatic heterocycles. The number of allylic oxidation sites excluding steroid dienone is 1. The molecule has 0 unspecified atom stereocenters. The minimum Gasteiger partial charge on any atom is -0.327 e. The van der Waals surface area contributed by atoms with Crippen molar-refractivity contribution >= 4 is 0 Å². The van der Waals surface area contributed by atoms with Gasteiger partial charge in [-0.05, 0) is 73.2 Å². The average molecular weight is 570 g/mol. The molecule has 1 aromatic heterocycles. The van der Waals surface area contributed by atoms with Gasteiger partial charge in [0.15, 0.2) is 0 Å². The maximum atomic E-state index is 13.1. The lowest BCUT2D eigenvalue weighted by atomic mass is 9.88. The molecule has 0 amide bonds. The summed E-state index contributed by atoms with van der Waals surface area (Å²) in [6.45, 7) is 17.3. The Bertz CT molecular complexity index is 1440. The van der Waals surface area contributed by atoms with Crippen LogP contribution in [-0.2, 0) is 6.54 Å². The van der Waals surface area contributed by atoms with Crippen molar-refractivity contribution < 1.29 is 8.78 Å². The molecule has 5 rings (SSSR count). The summed E-state index contributed by atoms with van der Waals surface area (Å²) in [5, 5.41) is 8.88. The molecule has 5 heteroatoms. The van der Waals surface area contributed by atoms with Gasteiger partial charge in [-0.3, -0.25) is 0 Å². The topological polar surface area (TPSA) is 41.6 Å². The maximum Gasteiger partial charge on any atom is 0.140 e. The number of halogens is 2. The van der Waals surface area contributed by atoms with Crippen molar-refractivity contribution in [3.8, 4) is 28.6 Å². The highest BCUT2D eigenvalue weighted by molar-refractivity contribution is 5.65. The molecule has 0 radical (unpaired) electrons. The Morgan fingerprint density at radius 1 is 0.929 bits per heavy atom. The van der Waals surface area contributed by atoms with Gasteiger partial charge in [-0.1, -0.05) is 95.4 Å². The van der Waals surface area contributed by atoms with Gasteiger partial charge in [0.25, 0.3) is 0 Å². The smallest absolute Gasteiger partial charge is 0.140 e. The first-order valence-corrected chi connectivity index (χ1v) is 14.8. The van der Waals surface area contributed by atoms with Gasteiger partial charge in [-0.25, -0.2) is 13.8 Å². The van der Waals surface area contributed by atoms with Gasteiger partial charge < -0.3 is 4.57 Å². The second-order valence-corrected chi connectivity index (χ2v) is 11.0. The van der Waals surface area contributed by atoms with E-state index in [-0.39, 0.29) is 0 Å². The monoisotopic (exact) mass is 569 g/mol. The SMILES string of the molecule is C=C(C)Cn1ccnc1-c1cccc(C#N)c1.CC1CCC1.CCCC.Cc1ccc(-c2cc(F)cc(F)c2)cc1C. The van der Waals surface area contributed by atoms with Gasteiger partial charge in [0.2, 0.25) is 0 Å². The Kier molecular flexibility index (Phi) is 14.4. The van der Waals surface area contributed by atoms with Crippen LogP contribution in [0.25, 0.3) is 22.5 Å². The van der Waals surface area contributed by atoms with Crippen LogP contribution in [0.3, 0.4) is 0 Å². The summed E-state index contributed by atoms with van der Waals surface area (Å²) < 4.78 is 28.1. The van der Waals surface area contributed by atoms with Crippen LogP contribution in [0.5, 0.6) is 0 Å². The number of aromatic nitrogens is 2. The quantitative estimate of drug-likeness (QED) is 0.224. The highest BCUT2D eigenvalue weighted by Crippen LogP contribution is 2.25. The van der Waals surface area contributed by atoms with E-state index >= 15 is 0 Å². The predicted octanol–water partition coefficient (Wildman–Crippen LogP) is 10.9. The molecule has 4 aromatic rings. The van der Waals surface area contributed by atoms with E-state index < -0.39 is 11.6 Å². The van der Waals surface area contributed by atoms with Crippen molar-refractivity contribution in [2.24, 2.45) is 5.92 Å². The molecule has 0 spiro atoms. The van der Waals surface area contributed by atoms with Crippen molar-refractivity contribution in [3.05, 3.63) is 114 Å². The molecule has 222 valence electrons. The number of benzene rings is 3. The predicted molar refractivity (Wildman–Crippen MR) is 172 cm³/mol. The second kappa shape index (κ2) is 17.7. The van der Waals surface area contributed by atoms with Gasteiger partial charge in [0.1, 0.15) is 17.5 Å². The van der Waals surface area contributed by atoms with Crippen LogP contribution >= 0.6 is 0 Å². The number of nitrogens with zero attached hydrogens (tertiary/aromatic N) is 3. The molecular weight excluding hydrogens is 524 g/mol. The Hall–Kier alpha value is -4.04. The van der Waals surface area contributed by atoms with Crippen LogP contribution in [0.4, 0.5) is 8.78 Å². The summed E-state index contributed by atoms with van der Waals surface area (Å²) in [7, 11) is 0. The van der Waals surface area contributed by atoms with Crippen molar-refractivity contribution in [2.75, 3.05) is 0 Å². The number of rotatable bonds is 5. The van der Waals surface area contributed by atoms with E-state index in [2.05, 4.69) is 38.4 Å². The number of imidazole rings is 1. The van der Waals surface area contributed by atoms with E-state index in [1.54, 1.807) is 12.3 Å². The van der Waals surface area contributed by atoms with E-state index in [9.17, 15) is 8.78 Å². The number of nitriles is 1. The summed E-state index contributed by atoms with van der Waals surface area (Å²) in [5.74, 6) is 0.835. The summed E-state index contributed by atoms with van der Waals surface area (Å²) >= 11 is 0. The molecule has 1 saturated carbocycles. The first kappa shape index (κ1) is 34.2. The summed E-state index contributed by atoms with van der Waals surface area (Å²) in [5.41, 5.74) is 6.35. The average Bonchev–Trinajstić information content (AvgIpc) is 3.41. The largest absolute Gasteiger partial charge is 0.327 e. The zero-order valence-electron chi connectivity index (χ0n) is 26.1. The van der Waals surface area contributed by atoms with Gasteiger partial charge in [0.05, 0.1) is 11.6 Å². The fourth-order valence-electron chi connectivity index (χ4n) is 3.97. The van der Waals surface area contributed by atoms with E-state index in [4.69, 9.17) is 5.26 Å². The first-order chi connectivity index (χ1) is 20.1. The van der Waals surface area contributed by atoms with Crippen LogP contribution in [0.1, 0.15) is 76.5 Å². The van der Waals surface area contributed by atoms with Crippen LogP contribution < -0.4 is 0 Å². The van der Waals surface area contributed by atoms with Crippen molar-refractivity contribution in [1.82, 2.24) is 9.55 Å². The summed E-state index contributed by atoms with van der Waals surface area (Å²) in [6.07, 6.45) is 10.8. The van der Waals surface area contributed by atoms with E-state index in [1.165, 1.54) is 49.8 Å². The van der Waals surface area contributed by atoms with E-state index in [1.807, 2.05) is 67.9 Å². The van der Waals surface area contributed by atoms with Gasteiger partial charge in [0, 0.05) is 30.6 Å². The normalized spacial score (nSPS) is 11.8. The minimum atomic E-state index is -0.548. The molecular formula is C37H45F2N3. The molecule has 1 fully saturated rings. The fourth-order valence-corrected chi connectivity index (χ4v) is 3.97. The third kappa shape index (κ3) is 11.4. The number of hydrogen-bond donors (Lipinski definition) is 0. The van der Waals surface area contributed by atoms with Crippen molar-refractivity contribution in [3.63, 3.8) is 0 Å². The third-order valence-corrected chi connectivity index (χ3v) is 7.00. The van der Waals surface area contributed by atoms with Gasteiger partial charge in [-0.2, -0.15) is 5.26 Å². The molecule has 1 aliphatic carbocycles. The van der Waals surface area contributed by atoms with Crippen LogP contribution in [-0.4, -0.2) is 9.55 Å². The second-order valence-electron chi connectivity index (χ2n) is 11.0. The van der Waals surface area contributed by atoms with E-state index in [0.717, 1.165) is 46.6 Å². The lowest BCUT2D eigenvalue weighted by Gasteiger charge is -2.18. The van der Waals surface area contributed by atoms with Crippen LogP contribution in [0.15, 0.2) is 85.2 Å². The van der Waals surface area contributed by atoms with E-state index in [0.29, 0.717) is 11.1 Å². The van der Waals surface area contributed by atoms with Crippen LogP contribution in [0, 0.1) is 42.7 Å². The number of unbranched alkanes of at least 4 members (excludes halogenated alkanes) is 1. The molecule has 0 bridgehead atoms. The molecule has 42 heavy (non-hydrogen) atoms. The lowest BCUT2D eigenvalue weighted by molar-refractivity contribution is 0.346. The summed E-state index contributed by atoms with van der Waals surface area (Å²) in [4.78, 5) is 4.33. The molecule has 0 saturated heterocycles. The van der Waals surface area contributed by atoms with Crippen molar-refractivity contribution in [2.45, 2.75) is 80.2 Å². The highest BCUT2D eigenvalue weighted by atomic mass is 19.1. The number of aryl methyl sites for hydroxylation is 2. The Labute approximate surface area is 251 Å². The highest BCUT2D eigenvalue weighted by Gasteiger charge is 2.09. The van der Waals surface area contributed by atoms with Gasteiger partial charge >= 0.3 is 0 Å². The molecule has 0 N–H and O–H groups in total. The summed E-state index contributed by atoms with van der Waals surface area (Å²) in [6, 6.07) is 18.9. The third-order valence-electron chi connectivity index (χ3n) is 7.00. The molecule has 1 heterocycles. The maximum absolute atomic E-state index is 13.1. The Morgan fingerprint density at radius 2 is 1.57 bits per heavy atom. The first-order valence-electron chi connectivity index (χ1n) is 14.8. The standard InChI is InChI=1S/C14H12F2.C14H13N3.C5H10.C4H10/c1-9-3-4-11(5-10(9)2)12-6-13(15)8-14(16)7-12;1-11(2)10-17-7-6-16-14(17)13-5-3-4-12(8-13)9-15;1-5-3-2-4-5;1-3-4-2/h3-8H,1-2H3;3-8H,1,10H2,2H3;5H,2-4H2,1H3;3-4H2,1-2H3. The Morgan fingerprint density at radius 3 is 2.07 bits per heavy atom. The zero-order chi connectivity index (χ0) is 31.1. The molecule has 3 aromatic carbocycles. The van der Waals surface area contributed by atoms with Gasteiger partial charge in [-0.15, -0.1) is 0 Å². The lowest BCUT2D eigenvalue weighted by Crippen LogP contribution is -2.04. The van der Waals surface area contributed by atoms with Crippen LogP contribution in [0.2, 0.25) is 0 Å². The molecule has 0 atom stereocenters. The minimum absolute atomic E-state index is 0.548. The molecule has 3 nitrogen and oxygen atoms in total. The molecule has 1 aliphatic rings.